The first kappa shape index (κ1) is 19.7. The fraction of sp³-hybridized carbons (Fsp3) is 0.238. The Bertz CT molecular complexity index is 1200. The van der Waals surface area contributed by atoms with Gasteiger partial charge in [-0.2, -0.15) is 15.4 Å². The average molecular weight is 408 g/mol. The summed E-state index contributed by atoms with van der Waals surface area (Å²) >= 11 is 0. The van der Waals surface area contributed by atoms with Crippen LogP contribution in [0.5, 0.6) is 0 Å². The van der Waals surface area contributed by atoms with Crippen LogP contribution in [0.15, 0.2) is 41.3 Å². The van der Waals surface area contributed by atoms with Crippen molar-refractivity contribution in [1.82, 2.24) is 25.3 Å². The Hall–Kier alpha value is -3.59. The Morgan fingerprint density at radius 3 is 2.90 bits per heavy atom. The zero-order valence-corrected chi connectivity index (χ0v) is 16.6. The summed E-state index contributed by atoms with van der Waals surface area (Å²) in [7, 11) is 1.91. The number of pyridine rings is 1. The van der Waals surface area contributed by atoms with Gasteiger partial charge in [-0.05, 0) is 43.7 Å². The number of aromatic nitrogens is 4. The number of likely N-dealkylation sites (N-methyl/N-ethyl adjacent to an activating group) is 1. The minimum absolute atomic E-state index is 0.269. The smallest absolute Gasteiger partial charge is 0.249 e. The number of furan rings is 1. The van der Waals surface area contributed by atoms with Crippen LogP contribution < -0.4 is 5.73 Å². The summed E-state index contributed by atoms with van der Waals surface area (Å²) in [6.45, 7) is 2.84. The number of nitrogens with one attached hydrogen (secondary N) is 1. The van der Waals surface area contributed by atoms with Gasteiger partial charge in [-0.1, -0.05) is 0 Å². The first-order chi connectivity index (χ1) is 14.5. The van der Waals surface area contributed by atoms with Crippen LogP contribution in [0, 0.1) is 12.7 Å². The number of nitrogens with zero attached hydrogens (tertiary/aromatic N) is 4. The summed E-state index contributed by atoms with van der Waals surface area (Å²) in [6.07, 6.45) is 5.13. The van der Waals surface area contributed by atoms with E-state index in [2.05, 4.69) is 20.4 Å². The zero-order valence-electron chi connectivity index (χ0n) is 16.6. The van der Waals surface area contributed by atoms with Crippen molar-refractivity contribution in [3.05, 3.63) is 65.1 Å². The van der Waals surface area contributed by atoms with Crippen LogP contribution in [0.2, 0.25) is 0 Å². The second-order valence-corrected chi connectivity index (χ2v) is 7.20. The van der Waals surface area contributed by atoms with Gasteiger partial charge >= 0.3 is 0 Å². The van der Waals surface area contributed by atoms with Crippen molar-refractivity contribution in [2.24, 2.45) is 5.73 Å². The maximum Gasteiger partial charge on any atom is 0.249 e. The van der Waals surface area contributed by atoms with Crippen LogP contribution >= 0.6 is 0 Å². The molecule has 0 radical (unpaired) electrons. The first-order valence-electron chi connectivity index (χ1n) is 9.43. The molecule has 0 saturated carbocycles. The highest BCUT2D eigenvalue weighted by atomic mass is 19.1. The molecule has 9 heteroatoms. The molecule has 4 rings (SSSR count). The third-order valence-corrected chi connectivity index (χ3v) is 5.19. The third kappa shape index (κ3) is 3.67. The van der Waals surface area contributed by atoms with Crippen LogP contribution in [0.4, 0.5) is 4.39 Å². The highest BCUT2D eigenvalue weighted by Gasteiger charge is 2.21. The number of amides is 1. The van der Waals surface area contributed by atoms with Gasteiger partial charge in [0.25, 0.3) is 0 Å². The molecule has 3 aromatic heterocycles. The van der Waals surface area contributed by atoms with Gasteiger partial charge in [0.2, 0.25) is 5.91 Å². The lowest BCUT2D eigenvalue weighted by Crippen LogP contribution is -2.22. The number of primary amides is 1. The molecule has 0 bridgehead atoms. The summed E-state index contributed by atoms with van der Waals surface area (Å²) in [5, 5.41) is 10.4. The number of rotatable bonds is 7. The number of hydrogen-bond acceptors (Lipinski definition) is 6. The molecule has 154 valence electrons. The highest BCUT2D eigenvalue weighted by molar-refractivity contribution is 5.98. The minimum atomic E-state index is -0.601. The van der Waals surface area contributed by atoms with Gasteiger partial charge in [0.1, 0.15) is 11.3 Å². The molecule has 3 N–H and O–H groups in total. The van der Waals surface area contributed by atoms with E-state index < -0.39 is 11.7 Å². The van der Waals surface area contributed by atoms with Crippen molar-refractivity contribution in [2.75, 3.05) is 13.6 Å². The second-order valence-electron chi connectivity index (χ2n) is 7.20. The predicted octanol–water partition coefficient (Wildman–Crippen LogP) is 2.83. The number of halogens is 1. The Morgan fingerprint density at radius 1 is 1.33 bits per heavy atom. The Balaban J connectivity index is 1.73. The molecule has 0 spiro atoms. The maximum absolute atomic E-state index is 15.7. The molecule has 0 aliphatic carbocycles. The highest BCUT2D eigenvalue weighted by Crippen LogP contribution is 2.34. The SMILES string of the molecule is Cc1c(C(N)=O)cc(-c2ccnc3ccoc23)c(F)c1CCN(C)Cc1cn[nH]n1. The molecule has 4 aromatic rings. The molecule has 8 nitrogen and oxygen atoms in total. The van der Waals surface area contributed by atoms with Gasteiger partial charge in [-0.25, -0.2) is 4.39 Å². The Labute approximate surface area is 171 Å². The van der Waals surface area contributed by atoms with E-state index in [0.29, 0.717) is 47.3 Å². The summed E-state index contributed by atoms with van der Waals surface area (Å²) < 4.78 is 21.2. The standard InChI is InChI=1S/C21H21FN6O2/c1-12-14(4-7-28(2)11-13-10-25-27-26-13)19(22)17(9-16(12)21(23)29)15-3-6-24-18-5-8-30-20(15)18/h3,5-6,8-10H,4,7,11H2,1-2H3,(H2,23,29)(H,25,26,27). The normalized spacial score (nSPS) is 11.5. The number of aromatic amines is 1. The Morgan fingerprint density at radius 2 is 2.17 bits per heavy atom. The molecular formula is C21H21FN6O2. The van der Waals surface area contributed by atoms with Crippen molar-refractivity contribution in [1.29, 1.82) is 0 Å². The summed E-state index contributed by atoms with van der Waals surface area (Å²) in [5.41, 5.74) is 9.54. The third-order valence-electron chi connectivity index (χ3n) is 5.19. The van der Waals surface area contributed by atoms with Crippen LogP contribution in [-0.2, 0) is 13.0 Å². The fourth-order valence-corrected chi connectivity index (χ4v) is 3.60. The lowest BCUT2D eigenvalue weighted by Gasteiger charge is -2.19. The monoisotopic (exact) mass is 408 g/mol. The number of hydrogen-bond donors (Lipinski definition) is 2. The quantitative estimate of drug-likeness (QED) is 0.486. The number of fused-ring (bicyclic) bond motifs is 1. The molecule has 30 heavy (non-hydrogen) atoms. The van der Waals surface area contributed by atoms with E-state index >= 15 is 4.39 Å². The second kappa shape index (κ2) is 8.03. The van der Waals surface area contributed by atoms with Crippen LogP contribution in [0.25, 0.3) is 22.2 Å². The molecule has 0 unspecified atom stereocenters. The number of carbonyl (C=O) groups excluding carboxylic acids is 1. The summed E-state index contributed by atoms with van der Waals surface area (Å²) in [4.78, 5) is 18.3. The summed E-state index contributed by atoms with van der Waals surface area (Å²) in [5.74, 6) is -0.994. The average Bonchev–Trinajstić information content (AvgIpc) is 3.39. The van der Waals surface area contributed by atoms with Crippen LogP contribution in [0.3, 0.4) is 0 Å². The van der Waals surface area contributed by atoms with Gasteiger partial charge < -0.3 is 15.1 Å². The molecule has 3 heterocycles. The van der Waals surface area contributed by atoms with Gasteiger partial charge in [-0.15, -0.1) is 0 Å². The van der Waals surface area contributed by atoms with Gasteiger partial charge in [-0.3, -0.25) is 9.78 Å². The number of H-pyrrole nitrogens is 1. The van der Waals surface area contributed by atoms with E-state index in [-0.39, 0.29) is 11.1 Å². The van der Waals surface area contributed by atoms with Crippen molar-refractivity contribution in [3.63, 3.8) is 0 Å². The Kier molecular flexibility index (Phi) is 5.28. The molecule has 0 aliphatic rings. The van der Waals surface area contributed by atoms with Gasteiger partial charge in [0, 0.05) is 42.0 Å². The number of benzene rings is 1. The first-order valence-corrected chi connectivity index (χ1v) is 9.43. The molecule has 0 aliphatic heterocycles. The van der Waals surface area contributed by atoms with Crippen molar-refractivity contribution >= 4 is 17.0 Å². The van der Waals surface area contributed by atoms with Gasteiger partial charge in [0.05, 0.1) is 18.2 Å². The lowest BCUT2D eigenvalue weighted by atomic mass is 9.92. The lowest BCUT2D eigenvalue weighted by molar-refractivity contribution is 0.0999. The molecule has 1 amide bonds. The van der Waals surface area contributed by atoms with Gasteiger partial charge in [0.15, 0.2) is 5.58 Å². The molecule has 0 saturated heterocycles. The van der Waals surface area contributed by atoms with E-state index in [0.717, 1.165) is 5.69 Å². The molecular weight excluding hydrogens is 387 g/mol. The predicted molar refractivity (Wildman–Crippen MR) is 109 cm³/mol. The minimum Gasteiger partial charge on any atom is -0.462 e. The topological polar surface area (TPSA) is 114 Å². The summed E-state index contributed by atoms with van der Waals surface area (Å²) in [6, 6.07) is 4.87. The number of nitrogens with two attached hydrogens (primary N) is 1. The van der Waals surface area contributed by atoms with E-state index in [4.69, 9.17) is 10.2 Å². The van der Waals surface area contributed by atoms with E-state index in [1.165, 1.54) is 12.3 Å². The molecule has 0 fully saturated rings. The zero-order chi connectivity index (χ0) is 21.3. The van der Waals surface area contributed by atoms with E-state index in [1.54, 1.807) is 31.5 Å². The maximum atomic E-state index is 15.7. The fourth-order valence-electron chi connectivity index (χ4n) is 3.60. The van der Waals surface area contributed by atoms with Crippen molar-refractivity contribution in [2.45, 2.75) is 19.9 Å². The van der Waals surface area contributed by atoms with Crippen molar-refractivity contribution < 1.29 is 13.6 Å². The van der Waals surface area contributed by atoms with E-state index in [9.17, 15) is 4.79 Å². The van der Waals surface area contributed by atoms with Crippen LogP contribution in [0.1, 0.15) is 27.2 Å². The molecule has 1 aromatic carbocycles. The van der Waals surface area contributed by atoms with Crippen molar-refractivity contribution in [3.8, 4) is 11.1 Å². The van der Waals surface area contributed by atoms with E-state index in [1.807, 2.05) is 11.9 Å². The largest absolute Gasteiger partial charge is 0.462 e. The number of carbonyl (C=O) groups is 1. The van der Waals surface area contributed by atoms with Crippen LogP contribution in [-0.4, -0.2) is 44.8 Å². The molecule has 0 atom stereocenters.